The first-order valence-electron chi connectivity index (χ1n) is 14.9. The fraction of sp³-hybridized carbons (Fsp3) is 0.0250. The molecule has 6 aromatic carbocycles. The highest BCUT2D eigenvalue weighted by molar-refractivity contribution is 7.26. The lowest BCUT2D eigenvalue weighted by molar-refractivity contribution is 0.508. The second-order valence-corrected chi connectivity index (χ2v) is 12.3. The maximum absolute atomic E-state index is 5.39. The van der Waals surface area contributed by atoms with Crippen molar-refractivity contribution in [2.45, 2.75) is 6.29 Å². The van der Waals surface area contributed by atoms with Crippen molar-refractivity contribution >= 4 is 64.7 Å². The molecule has 208 valence electrons. The van der Waals surface area contributed by atoms with Crippen LogP contribution < -0.4 is 5.32 Å². The molecule has 2 aromatic heterocycles. The third-order valence-corrected chi connectivity index (χ3v) is 9.85. The highest BCUT2D eigenvalue weighted by Gasteiger charge is 2.25. The van der Waals surface area contributed by atoms with E-state index in [0.29, 0.717) is 0 Å². The highest BCUT2D eigenvalue weighted by atomic mass is 32.1. The molecule has 0 saturated carbocycles. The van der Waals surface area contributed by atoms with Crippen LogP contribution in [0.1, 0.15) is 17.4 Å². The predicted molar refractivity (Wildman–Crippen MR) is 187 cm³/mol. The summed E-state index contributed by atoms with van der Waals surface area (Å²) in [6, 6.07) is 51.9. The number of nitrogens with one attached hydrogen (secondary N) is 1. The third kappa shape index (κ3) is 3.99. The second-order valence-electron chi connectivity index (χ2n) is 11.2. The van der Waals surface area contributed by atoms with Crippen molar-refractivity contribution in [1.29, 1.82) is 0 Å². The minimum atomic E-state index is -0.344. The van der Waals surface area contributed by atoms with Gasteiger partial charge in [-0.1, -0.05) is 127 Å². The molecule has 8 aromatic rings. The zero-order valence-corrected chi connectivity index (χ0v) is 24.6. The number of allylic oxidation sites excluding steroid dienone is 1. The lowest BCUT2D eigenvalue weighted by Crippen LogP contribution is -2.29. The Morgan fingerprint density at radius 3 is 1.98 bits per heavy atom. The Morgan fingerprint density at radius 2 is 1.20 bits per heavy atom. The van der Waals surface area contributed by atoms with Gasteiger partial charge in [-0.15, -0.1) is 11.3 Å². The Morgan fingerprint density at radius 1 is 0.545 bits per heavy atom. The first-order chi connectivity index (χ1) is 21.8. The molecule has 1 atom stereocenters. The number of aromatic nitrogens is 1. The van der Waals surface area contributed by atoms with E-state index in [4.69, 9.17) is 4.99 Å². The molecule has 0 radical (unpaired) electrons. The molecule has 0 spiro atoms. The summed E-state index contributed by atoms with van der Waals surface area (Å²) in [5, 5.41) is 8.97. The molecule has 0 bridgehead atoms. The van der Waals surface area contributed by atoms with Crippen LogP contribution in [0.3, 0.4) is 0 Å². The molecule has 3 heterocycles. The molecule has 4 heteroatoms. The predicted octanol–water partition coefficient (Wildman–Crippen LogP) is 10.4. The fourth-order valence-corrected chi connectivity index (χ4v) is 7.84. The van der Waals surface area contributed by atoms with E-state index in [9.17, 15) is 0 Å². The molecule has 1 N–H and O–H groups in total. The van der Waals surface area contributed by atoms with Crippen LogP contribution in [0, 0.1) is 0 Å². The number of thiophene rings is 1. The first-order valence-corrected chi connectivity index (χ1v) is 15.7. The normalized spacial score (nSPS) is 15.0. The molecule has 1 unspecified atom stereocenters. The molecule has 0 aliphatic carbocycles. The summed E-state index contributed by atoms with van der Waals surface area (Å²) >= 11 is 1.88. The summed E-state index contributed by atoms with van der Waals surface area (Å²) in [7, 11) is 0. The Kier molecular flexibility index (Phi) is 5.75. The quantitative estimate of drug-likeness (QED) is 0.220. The van der Waals surface area contributed by atoms with Crippen molar-refractivity contribution < 1.29 is 0 Å². The van der Waals surface area contributed by atoms with Gasteiger partial charge >= 0.3 is 0 Å². The SMILES string of the molecule is C1=C(c2ccccc2)NC(n2c3cc(-c4ccccc4)ccc3c3c4sc5ccccc5c4ccc32)N=C1c1ccccc1. The maximum Gasteiger partial charge on any atom is 0.201 e. The number of nitrogens with zero attached hydrogens (tertiary/aromatic N) is 2. The van der Waals surface area contributed by atoms with Crippen molar-refractivity contribution in [1.82, 2.24) is 9.88 Å². The van der Waals surface area contributed by atoms with E-state index in [1.54, 1.807) is 0 Å². The van der Waals surface area contributed by atoms with E-state index in [-0.39, 0.29) is 6.29 Å². The Labute approximate surface area is 259 Å². The van der Waals surface area contributed by atoms with Crippen LogP contribution in [0.15, 0.2) is 157 Å². The first kappa shape index (κ1) is 25.1. The largest absolute Gasteiger partial charge is 0.346 e. The Hall–Kier alpha value is -5.45. The summed E-state index contributed by atoms with van der Waals surface area (Å²) in [5.74, 6) is 0. The maximum atomic E-state index is 5.39. The summed E-state index contributed by atoms with van der Waals surface area (Å²) in [6.45, 7) is 0. The highest BCUT2D eigenvalue weighted by Crippen LogP contribution is 2.44. The van der Waals surface area contributed by atoms with Crippen LogP contribution in [0.4, 0.5) is 0 Å². The zero-order valence-electron chi connectivity index (χ0n) is 23.8. The Bertz CT molecular complexity index is 2400. The molecule has 0 saturated heterocycles. The number of hydrogen-bond donors (Lipinski definition) is 1. The Balaban J connectivity index is 1.35. The number of fused-ring (bicyclic) bond motifs is 7. The van der Waals surface area contributed by atoms with Gasteiger partial charge in [-0.05, 0) is 46.5 Å². The lowest BCUT2D eigenvalue weighted by Gasteiger charge is -2.27. The lowest BCUT2D eigenvalue weighted by atomic mass is 10.0. The average molecular weight is 582 g/mol. The fourth-order valence-electron chi connectivity index (χ4n) is 6.58. The molecular formula is C40H27N3S. The van der Waals surface area contributed by atoms with E-state index in [0.717, 1.165) is 28.1 Å². The second kappa shape index (κ2) is 10.1. The summed E-state index contributed by atoms with van der Waals surface area (Å²) in [6.07, 6.45) is 1.83. The van der Waals surface area contributed by atoms with Gasteiger partial charge in [0.1, 0.15) is 0 Å². The van der Waals surface area contributed by atoms with Crippen molar-refractivity contribution in [2.24, 2.45) is 4.99 Å². The van der Waals surface area contributed by atoms with Gasteiger partial charge in [-0.3, -0.25) is 0 Å². The molecule has 44 heavy (non-hydrogen) atoms. The van der Waals surface area contributed by atoms with Gasteiger partial charge in [-0.2, -0.15) is 0 Å². The van der Waals surface area contributed by atoms with E-state index < -0.39 is 0 Å². The number of aliphatic imine (C=N–C) groups is 1. The van der Waals surface area contributed by atoms with E-state index in [1.165, 1.54) is 47.6 Å². The minimum Gasteiger partial charge on any atom is -0.346 e. The van der Waals surface area contributed by atoms with Crippen molar-refractivity contribution in [2.75, 3.05) is 0 Å². The van der Waals surface area contributed by atoms with Gasteiger partial charge in [-0.25, -0.2) is 4.99 Å². The number of benzene rings is 6. The standard InChI is InChI=1S/C40H27N3S/c1-4-12-26(13-5-1)29-20-21-32-36(24-29)43(35-23-22-31-30-18-10-11-19-37(30)44-39(31)38(32)35)40-41-33(27-14-6-2-7-15-27)25-34(42-40)28-16-8-3-9-17-28/h1-25,40-41H. The van der Waals surface area contributed by atoms with Gasteiger partial charge < -0.3 is 9.88 Å². The van der Waals surface area contributed by atoms with Crippen molar-refractivity contribution in [3.63, 3.8) is 0 Å². The molecule has 0 fully saturated rings. The summed E-state index contributed by atoms with van der Waals surface area (Å²) in [5.41, 5.74) is 8.99. The van der Waals surface area contributed by atoms with E-state index in [2.05, 4.69) is 162 Å². The van der Waals surface area contributed by atoms with Gasteiger partial charge in [0.05, 0.1) is 16.7 Å². The summed E-state index contributed by atoms with van der Waals surface area (Å²) in [4.78, 5) is 5.39. The molecule has 1 aliphatic rings. The van der Waals surface area contributed by atoms with Gasteiger partial charge in [0.25, 0.3) is 0 Å². The minimum absolute atomic E-state index is 0.344. The number of rotatable bonds is 4. The molecule has 1 aliphatic heterocycles. The van der Waals surface area contributed by atoms with Gasteiger partial charge in [0.15, 0.2) is 0 Å². The molecular weight excluding hydrogens is 555 g/mol. The van der Waals surface area contributed by atoms with Gasteiger partial charge in [0.2, 0.25) is 6.29 Å². The average Bonchev–Trinajstić information content (AvgIpc) is 3.64. The van der Waals surface area contributed by atoms with Crippen LogP contribution in [0.5, 0.6) is 0 Å². The molecule has 9 rings (SSSR count). The van der Waals surface area contributed by atoms with Crippen LogP contribution in [-0.2, 0) is 0 Å². The zero-order chi connectivity index (χ0) is 29.0. The topological polar surface area (TPSA) is 29.3 Å². The van der Waals surface area contributed by atoms with Crippen molar-refractivity contribution in [3.05, 3.63) is 163 Å². The molecule has 3 nitrogen and oxygen atoms in total. The molecule has 0 amide bonds. The van der Waals surface area contributed by atoms with Crippen LogP contribution in [-0.4, -0.2) is 10.3 Å². The smallest absolute Gasteiger partial charge is 0.201 e. The third-order valence-electron chi connectivity index (χ3n) is 8.64. The van der Waals surface area contributed by atoms with Crippen LogP contribution in [0.2, 0.25) is 0 Å². The summed E-state index contributed by atoms with van der Waals surface area (Å²) < 4.78 is 5.04. The monoisotopic (exact) mass is 581 g/mol. The van der Waals surface area contributed by atoms with Crippen LogP contribution in [0.25, 0.3) is 58.8 Å². The van der Waals surface area contributed by atoms with Crippen molar-refractivity contribution in [3.8, 4) is 11.1 Å². The van der Waals surface area contributed by atoms with E-state index in [1.807, 2.05) is 11.3 Å². The van der Waals surface area contributed by atoms with Crippen LogP contribution >= 0.6 is 11.3 Å². The van der Waals surface area contributed by atoms with Gasteiger partial charge in [0, 0.05) is 36.6 Å². The van der Waals surface area contributed by atoms with E-state index >= 15 is 0 Å². The number of hydrogen-bond acceptors (Lipinski definition) is 3.